The lowest BCUT2D eigenvalue weighted by molar-refractivity contribution is -0.147. The minimum Gasteiger partial charge on any atom is -0.456 e. The Kier molecular flexibility index (Phi) is 6.75. The molecule has 25 heavy (non-hydrogen) atoms. The van der Waals surface area contributed by atoms with Crippen molar-refractivity contribution in [3.05, 3.63) is 65.7 Å². The Balaban J connectivity index is 1.83. The van der Waals surface area contributed by atoms with E-state index in [0.29, 0.717) is 5.92 Å². The number of rotatable bonds is 7. The highest BCUT2D eigenvalue weighted by molar-refractivity contribution is 5.93. The summed E-state index contributed by atoms with van der Waals surface area (Å²) in [4.78, 5) is 24.0. The third-order valence-electron chi connectivity index (χ3n) is 4.06. The highest BCUT2D eigenvalue weighted by atomic mass is 16.5. The van der Waals surface area contributed by atoms with E-state index in [9.17, 15) is 9.59 Å². The highest BCUT2D eigenvalue weighted by Crippen LogP contribution is 2.23. The van der Waals surface area contributed by atoms with Crippen LogP contribution in [0.1, 0.15) is 50.2 Å². The number of esters is 1. The Hall–Kier alpha value is -2.62. The smallest absolute Gasteiger partial charge is 0.306 e. The van der Waals surface area contributed by atoms with E-state index in [2.05, 4.69) is 19.2 Å². The molecule has 2 aromatic rings. The Morgan fingerprint density at radius 3 is 2.28 bits per heavy atom. The molecule has 0 aliphatic heterocycles. The third kappa shape index (κ3) is 5.75. The maximum Gasteiger partial charge on any atom is 0.306 e. The molecule has 0 saturated carbocycles. The minimum atomic E-state index is -0.372. The van der Waals surface area contributed by atoms with Crippen LogP contribution in [0, 0.1) is 0 Å². The van der Waals surface area contributed by atoms with Crippen molar-refractivity contribution in [1.82, 2.24) is 0 Å². The Morgan fingerprint density at radius 2 is 1.60 bits per heavy atom. The van der Waals surface area contributed by atoms with E-state index in [0.717, 1.165) is 16.8 Å². The number of nitrogens with one attached hydrogen (secondary N) is 1. The van der Waals surface area contributed by atoms with Crippen LogP contribution in [0.3, 0.4) is 0 Å². The molecule has 0 bridgehead atoms. The van der Waals surface area contributed by atoms with Crippen LogP contribution in [-0.4, -0.2) is 18.5 Å². The Labute approximate surface area is 149 Å². The lowest BCUT2D eigenvalue weighted by atomic mass is 9.98. The van der Waals surface area contributed by atoms with Gasteiger partial charge in [-0.15, -0.1) is 0 Å². The largest absolute Gasteiger partial charge is 0.456 e. The van der Waals surface area contributed by atoms with Gasteiger partial charge >= 0.3 is 5.97 Å². The first kappa shape index (κ1) is 18.7. The van der Waals surface area contributed by atoms with Gasteiger partial charge in [0.15, 0.2) is 6.61 Å². The molecule has 1 unspecified atom stereocenters. The van der Waals surface area contributed by atoms with Gasteiger partial charge in [0.2, 0.25) is 0 Å². The summed E-state index contributed by atoms with van der Waals surface area (Å²) in [6, 6.07) is 17.4. The van der Waals surface area contributed by atoms with Gasteiger partial charge in [-0.1, -0.05) is 69.3 Å². The molecule has 0 spiro atoms. The molecular formula is C21H25NO3. The van der Waals surface area contributed by atoms with Gasteiger partial charge in [0.1, 0.15) is 0 Å². The molecule has 4 nitrogen and oxygen atoms in total. The first-order valence-corrected chi connectivity index (χ1v) is 8.56. The number of anilines is 1. The Bertz CT molecular complexity index is 710. The van der Waals surface area contributed by atoms with Gasteiger partial charge in [-0.2, -0.15) is 0 Å². The second-order valence-electron chi connectivity index (χ2n) is 6.47. The summed E-state index contributed by atoms with van der Waals surface area (Å²) in [7, 11) is 0. The first-order chi connectivity index (χ1) is 12.0. The van der Waals surface area contributed by atoms with E-state index in [-0.39, 0.29) is 30.8 Å². The van der Waals surface area contributed by atoms with Crippen molar-refractivity contribution in [3.63, 3.8) is 0 Å². The van der Waals surface area contributed by atoms with E-state index in [1.165, 1.54) is 0 Å². The zero-order valence-corrected chi connectivity index (χ0v) is 15.0. The molecule has 0 aliphatic rings. The molecule has 1 atom stereocenters. The monoisotopic (exact) mass is 339 g/mol. The average molecular weight is 339 g/mol. The third-order valence-corrected chi connectivity index (χ3v) is 4.06. The van der Waals surface area contributed by atoms with Crippen molar-refractivity contribution < 1.29 is 14.3 Å². The quantitative estimate of drug-likeness (QED) is 0.756. The second-order valence-corrected chi connectivity index (χ2v) is 6.47. The standard InChI is InChI=1S/C21H25NO3/c1-15(2)18-11-7-8-12-19(18)22-20(23)14-25-21(24)13-16(3)17-9-5-4-6-10-17/h4-12,15-16H,13-14H2,1-3H3,(H,22,23). The van der Waals surface area contributed by atoms with Crippen LogP contribution in [-0.2, 0) is 14.3 Å². The summed E-state index contributed by atoms with van der Waals surface area (Å²) >= 11 is 0. The Morgan fingerprint density at radius 1 is 0.960 bits per heavy atom. The summed E-state index contributed by atoms with van der Waals surface area (Å²) < 4.78 is 5.12. The summed E-state index contributed by atoms with van der Waals surface area (Å²) in [5.74, 6) is -0.346. The van der Waals surface area contributed by atoms with Crippen LogP contribution in [0.2, 0.25) is 0 Å². The lowest BCUT2D eigenvalue weighted by Gasteiger charge is -2.14. The number of carbonyl (C=O) groups is 2. The molecule has 2 aromatic carbocycles. The van der Waals surface area contributed by atoms with Gasteiger partial charge in [0, 0.05) is 5.69 Å². The maximum absolute atomic E-state index is 12.1. The number of para-hydroxylation sites is 1. The fourth-order valence-electron chi connectivity index (χ4n) is 2.65. The molecular weight excluding hydrogens is 314 g/mol. The molecule has 2 rings (SSSR count). The molecule has 1 N–H and O–H groups in total. The van der Waals surface area contributed by atoms with E-state index in [1.54, 1.807) is 0 Å². The van der Waals surface area contributed by atoms with Gasteiger partial charge < -0.3 is 10.1 Å². The van der Waals surface area contributed by atoms with Gasteiger partial charge in [-0.25, -0.2) is 0 Å². The lowest BCUT2D eigenvalue weighted by Crippen LogP contribution is -2.22. The summed E-state index contributed by atoms with van der Waals surface area (Å²) in [5.41, 5.74) is 2.89. The molecule has 0 aliphatic carbocycles. The summed E-state index contributed by atoms with van der Waals surface area (Å²) in [6.07, 6.45) is 0.250. The SMILES string of the molecule is CC(C)c1ccccc1NC(=O)COC(=O)CC(C)c1ccccc1. The van der Waals surface area contributed by atoms with E-state index >= 15 is 0 Å². The van der Waals surface area contributed by atoms with Crippen LogP contribution in [0.25, 0.3) is 0 Å². The predicted molar refractivity (Wildman–Crippen MR) is 99.6 cm³/mol. The van der Waals surface area contributed by atoms with Crippen LogP contribution in [0.5, 0.6) is 0 Å². The van der Waals surface area contributed by atoms with Crippen molar-refractivity contribution in [2.45, 2.75) is 39.0 Å². The number of benzene rings is 2. The van der Waals surface area contributed by atoms with Crippen LogP contribution in [0.15, 0.2) is 54.6 Å². The summed E-state index contributed by atoms with van der Waals surface area (Å²) in [6.45, 7) is 5.83. The topological polar surface area (TPSA) is 55.4 Å². The summed E-state index contributed by atoms with van der Waals surface area (Å²) in [5, 5.41) is 2.82. The number of carbonyl (C=O) groups excluding carboxylic acids is 2. The molecule has 0 fully saturated rings. The first-order valence-electron chi connectivity index (χ1n) is 8.56. The molecule has 1 amide bonds. The highest BCUT2D eigenvalue weighted by Gasteiger charge is 2.14. The van der Waals surface area contributed by atoms with Crippen LogP contribution >= 0.6 is 0 Å². The molecule has 0 heterocycles. The second kappa shape index (κ2) is 9.02. The molecule has 132 valence electrons. The fourth-order valence-corrected chi connectivity index (χ4v) is 2.65. The van der Waals surface area contributed by atoms with Crippen molar-refractivity contribution >= 4 is 17.6 Å². The van der Waals surface area contributed by atoms with Gasteiger partial charge in [0.05, 0.1) is 6.42 Å². The zero-order chi connectivity index (χ0) is 18.2. The van der Waals surface area contributed by atoms with Crippen molar-refractivity contribution in [2.75, 3.05) is 11.9 Å². The molecule has 4 heteroatoms. The van der Waals surface area contributed by atoms with Gasteiger partial charge in [0.25, 0.3) is 5.91 Å². The normalized spacial score (nSPS) is 11.8. The average Bonchev–Trinajstić information content (AvgIpc) is 2.61. The predicted octanol–water partition coefficient (Wildman–Crippen LogP) is 4.49. The van der Waals surface area contributed by atoms with Gasteiger partial charge in [-0.05, 0) is 29.0 Å². The van der Waals surface area contributed by atoms with E-state index in [1.807, 2.05) is 61.5 Å². The molecule has 0 radical (unpaired) electrons. The zero-order valence-electron chi connectivity index (χ0n) is 15.0. The van der Waals surface area contributed by atoms with E-state index < -0.39 is 0 Å². The van der Waals surface area contributed by atoms with Crippen molar-refractivity contribution in [1.29, 1.82) is 0 Å². The maximum atomic E-state index is 12.1. The number of ether oxygens (including phenoxy) is 1. The fraction of sp³-hybridized carbons (Fsp3) is 0.333. The van der Waals surface area contributed by atoms with Crippen LogP contribution < -0.4 is 5.32 Å². The minimum absolute atomic E-state index is 0.0541. The number of hydrogen-bond donors (Lipinski definition) is 1. The van der Waals surface area contributed by atoms with Crippen molar-refractivity contribution in [3.8, 4) is 0 Å². The van der Waals surface area contributed by atoms with Crippen LogP contribution in [0.4, 0.5) is 5.69 Å². The van der Waals surface area contributed by atoms with E-state index in [4.69, 9.17) is 4.74 Å². The number of amides is 1. The molecule has 0 aromatic heterocycles. The molecule has 0 saturated heterocycles. The van der Waals surface area contributed by atoms with Gasteiger partial charge in [-0.3, -0.25) is 9.59 Å². The van der Waals surface area contributed by atoms with Crippen molar-refractivity contribution in [2.24, 2.45) is 0 Å². The number of hydrogen-bond acceptors (Lipinski definition) is 3.